The van der Waals surface area contributed by atoms with Crippen LogP contribution in [0, 0.1) is 0 Å². The van der Waals surface area contributed by atoms with Gasteiger partial charge in [-0.1, -0.05) is 0 Å². The second-order valence-corrected chi connectivity index (χ2v) is 2.45. The predicted octanol–water partition coefficient (Wildman–Crippen LogP) is 0.784. The van der Waals surface area contributed by atoms with Crippen molar-refractivity contribution in [1.29, 1.82) is 0 Å². The molecule has 1 aromatic heterocycles. The maximum Gasteiger partial charge on any atom is 0.341 e. The van der Waals surface area contributed by atoms with Gasteiger partial charge in [0.2, 0.25) is 0 Å². The molecular weight excluding hydrogens is 156 g/mol. The van der Waals surface area contributed by atoms with Crippen LogP contribution >= 0.6 is 0 Å². The summed E-state index contributed by atoms with van der Waals surface area (Å²) in [6.07, 6.45) is 1.72. The van der Waals surface area contributed by atoms with E-state index in [1.54, 1.807) is 30.8 Å². The van der Waals surface area contributed by atoms with Crippen molar-refractivity contribution in [1.82, 2.24) is 4.57 Å². The Morgan fingerprint density at radius 1 is 1.75 bits per heavy atom. The van der Waals surface area contributed by atoms with Gasteiger partial charge in [0, 0.05) is 13.2 Å². The zero-order valence-corrected chi connectivity index (χ0v) is 7.20. The van der Waals surface area contributed by atoms with Gasteiger partial charge in [-0.05, 0) is 13.0 Å². The number of hydrogen-bond acceptors (Lipinski definition) is 3. The molecule has 0 radical (unpaired) electrons. The standard InChI is InChI=1S/C8H12N2O2/c1-3-12-8(11)6-4-5-10(2)7(6)9/h4-5H,3,9H2,1-2H3. The number of nitrogens with zero attached hydrogens (tertiary/aromatic N) is 1. The molecular formula is C8H12N2O2. The summed E-state index contributed by atoms with van der Waals surface area (Å²) in [7, 11) is 1.78. The largest absolute Gasteiger partial charge is 0.462 e. The predicted molar refractivity (Wildman–Crippen MR) is 45.8 cm³/mol. The van der Waals surface area contributed by atoms with Crippen molar-refractivity contribution in [3.63, 3.8) is 0 Å². The van der Waals surface area contributed by atoms with E-state index in [0.717, 1.165) is 0 Å². The van der Waals surface area contributed by atoms with Gasteiger partial charge in [-0.25, -0.2) is 4.79 Å². The van der Waals surface area contributed by atoms with Gasteiger partial charge in [0.25, 0.3) is 0 Å². The molecule has 0 aliphatic rings. The summed E-state index contributed by atoms with van der Waals surface area (Å²) in [5, 5.41) is 0. The molecule has 4 heteroatoms. The molecule has 0 aliphatic carbocycles. The highest BCUT2D eigenvalue weighted by atomic mass is 16.5. The Morgan fingerprint density at radius 2 is 2.42 bits per heavy atom. The van der Waals surface area contributed by atoms with Crippen molar-refractivity contribution >= 4 is 11.8 Å². The number of nitrogens with two attached hydrogens (primary N) is 1. The maximum atomic E-state index is 11.2. The summed E-state index contributed by atoms with van der Waals surface area (Å²) < 4.78 is 6.46. The summed E-state index contributed by atoms with van der Waals surface area (Å²) in [4.78, 5) is 11.2. The maximum absolute atomic E-state index is 11.2. The van der Waals surface area contributed by atoms with Gasteiger partial charge in [0.1, 0.15) is 11.4 Å². The summed E-state index contributed by atoms with van der Waals surface area (Å²) in [5.41, 5.74) is 6.03. The quantitative estimate of drug-likeness (QED) is 0.664. The minimum atomic E-state index is -0.365. The highest BCUT2D eigenvalue weighted by Crippen LogP contribution is 2.12. The Hall–Kier alpha value is -1.45. The molecule has 0 bridgehead atoms. The second kappa shape index (κ2) is 3.30. The number of aromatic nitrogens is 1. The summed E-state index contributed by atoms with van der Waals surface area (Å²) in [6.45, 7) is 2.13. The molecule has 0 aliphatic heterocycles. The van der Waals surface area contributed by atoms with Crippen LogP contribution in [0.3, 0.4) is 0 Å². The molecule has 1 aromatic rings. The number of esters is 1. The van der Waals surface area contributed by atoms with Crippen LogP contribution in [0.4, 0.5) is 5.82 Å². The highest BCUT2D eigenvalue weighted by Gasteiger charge is 2.12. The smallest absolute Gasteiger partial charge is 0.341 e. The zero-order chi connectivity index (χ0) is 9.14. The van der Waals surface area contributed by atoms with E-state index in [1.165, 1.54) is 0 Å². The summed E-state index contributed by atoms with van der Waals surface area (Å²) in [5.74, 6) is 0.0732. The molecule has 0 atom stereocenters. The first kappa shape index (κ1) is 8.64. The minimum absolute atomic E-state index is 0.365. The third-order valence-electron chi connectivity index (χ3n) is 1.62. The van der Waals surface area contributed by atoms with Crippen LogP contribution in [0.15, 0.2) is 12.3 Å². The lowest BCUT2D eigenvalue weighted by Gasteiger charge is -2.01. The minimum Gasteiger partial charge on any atom is -0.462 e. The first-order valence-electron chi connectivity index (χ1n) is 3.74. The lowest BCUT2D eigenvalue weighted by molar-refractivity contribution is 0.0527. The molecule has 1 heterocycles. The van der Waals surface area contributed by atoms with Gasteiger partial charge >= 0.3 is 5.97 Å². The van der Waals surface area contributed by atoms with E-state index in [9.17, 15) is 4.79 Å². The molecule has 0 unspecified atom stereocenters. The number of carbonyl (C=O) groups is 1. The Morgan fingerprint density at radius 3 is 2.83 bits per heavy atom. The van der Waals surface area contributed by atoms with Crippen LogP contribution < -0.4 is 5.73 Å². The average molecular weight is 168 g/mol. The SMILES string of the molecule is CCOC(=O)c1ccn(C)c1N. The zero-order valence-electron chi connectivity index (χ0n) is 7.20. The number of aryl methyl sites for hydroxylation is 1. The highest BCUT2D eigenvalue weighted by molar-refractivity contribution is 5.94. The fourth-order valence-electron chi connectivity index (χ4n) is 0.923. The molecule has 0 saturated heterocycles. The van der Waals surface area contributed by atoms with Gasteiger partial charge < -0.3 is 15.0 Å². The van der Waals surface area contributed by atoms with Crippen LogP contribution in [-0.2, 0) is 11.8 Å². The van der Waals surface area contributed by atoms with Crippen LogP contribution in [0.25, 0.3) is 0 Å². The Labute approximate surface area is 70.9 Å². The van der Waals surface area contributed by atoms with Crippen molar-refractivity contribution in [3.05, 3.63) is 17.8 Å². The molecule has 2 N–H and O–H groups in total. The van der Waals surface area contributed by atoms with Crippen LogP contribution in [0.5, 0.6) is 0 Å². The van der Waals surface area contributed by atoms with Crippen molar-refractivity contribution in [2.24, 2.45) is 7.05 Å². The number of ether oxygens (including phenoxy) is 1. The van der Waals surface area contributed by atoms with Gasteiger partial charge in [0.15, 0.2) is 0 Å². The van der Waals surface area contributed by atoms with E-state index in [-0.39, 0.29) is 5.97 Å². The third-order valence-corrected chi connectivity index (χ3v) is 1.62. The van der Waals surface area contributed by atoms with Gasteiger partial charge in [-0.2, -0.15) is 0 Å². The summed E-state index contributed by atoms with van der Waals surface area (Å²) in [6, 6.07) is 1.65. The molecule has 0 saturated carbocycles. The van der Waals surface area contributed by atoms with Gasteiger partial charge in [0.05, 0.1) is 6.61 Å². The number of nitrogen functional groups attached to an aromatic ring is 1. The number of carbonyl (C=O) groups excluding carboxylic acids is 1. The monoisotopic (exact) mass is 168 g/mol. The van der Waals surface area contributed by atoms with Crippen molar-refractivity contribution in [3.8, 4) is 0 Å². The molecule has 4 nitrogen and oxygen atoms in total. The molecule has 12 heavy (non-hydrogen) atoms. The molecule has 0 aromatic carbocycles. The van der Waals surface area contributed by atoms with Crippen LogP contribution in [-0.4, -0.2) is 17.1 Å². The first-order chi connectivity index (χ1) is 5.66. The van der Waals surface area contributed by atoms with E-state index in [0.29, 0.717) is 18.0 Å². The van der Waals surface area contributed by atoms with E-state index in [1.807, 2.05) is 0 Å². The van der Waals surface area contributed by atoms with E-state index in [2.05, 4.69) is 0 Å². The molecule has 66 valence electrons. The Kier molecular flexibility index (Phi) is 2.38. The van der Waals surface area contributed by atoms with Gasteiger partial charge in [-0.15, -0.1) is 0 Å². The van der Waals surface area contributed by atoms with E-state index < -0.39 is 0 Å². The summed E-state index contributed by atoms with van der Waals surface area (Å²) >= 11 is 0. The van der Waals surface area contributed by atoms with E-state index in [4.69, 9.17) is 10.5 Å². The number of hydrogen-bond donors (Lipinski definition) is 1. The fraction of sp³-hybridized carbons (Fsp3) is 0.375. The molecule has 0 amide bonds. The molecule has 1 rings (SSSR count). The fourth-order valence-corrected chi connectivity index (χ4v) is 0.923. The lowest BCUT2D eigenvalue weighted by Crippen LogP contribution is -2.07. The normalized spacial score (nSPS) is 9.83. The second-order valence-electron chi connectivity index (χ2n) is 2.45. The Bertz CT molecular complexity index is 291. The lowest BCUT2D eigenvalue weighted by atomic mass is 10.3. The van der Waals surface area contributed by atoms with Crippen LogP contribution in [0.2, 0.25) is 0 Å². The van der Waals surface area contributed by atoms with Crippen LogP contribution in [0.1, 0.15) is 17.3 Å². The number of anilines is 1. The Balaban J connectivity index is 2.88. The third kappa shape index (κ3) is 1.42. The van der Waals surface area contributed by atoms with E-state index >= 15 is 0 Å². The van der Waals surface area contributed by atoms with Gasteiger partial charge in [-0.3, -0.25) is 0 Å². The molecule has 0 fully saturated rings. The molecule has 0 spiro atoms. The first-order valence-corrected chi connectivity index (χ1v) is 3.74. The number of rotatable bonds is 2. The van der Waals surface area contributed by atoms with Crippen molar-refractivity contribution in [2.75, 3.05) is 12.3 Å². The van der Waals surface area contributed by atoms with Crippen molar-refractivity contribution < 1.29 is 9.53 Å². The van der Waals surface area contributed by atoms with Crippen molar-refractivity contribution in [2.45, 2.75) is 6.92 Å². The average Bonchev–Trinajstić information content (AvgIpc) is 2.34. The topological polar surface area (TPSA) is 57.2 Å².